The zero-order valence-corrected chi connectivity index (χ0v) is 12.4. The molecule has 0 atom stereocenters. The van der Waals surface area contributed by atoms with Crippen molar-refractivity contribution < 1.29 is 4.79 Å². The molecule has 0 fully saturated rings. The predicted molar refractivity (Wildman–Crippen MR) is 76.3 cm³/mol. The van der Waals surface area contributed by atoms with Crippen LogP contribution < -0.4 is 11.1 Å². The lowest BCUT2D eigenvalue weighted by atomic mass is 10.2. The Morgan fingerprint density at radius 2 is 2.18 bits per heavy atom. The average Bonchev–Trinajstić information content (AvgIpc) is 2.68. The van der Waals surface area contributed by atoms with Crippen LogP contribution >= 0.6 is 43.2 Å². The van der Waals surface area contributed by atoms with Gasteiger partial charge >= 0.3 is 0 Å². The molecule has 2 aromatic rings. The van der Waals surface area contributed by atoms with Crippen LogP contribution in [-0.2, 0) is 0 Å². The molecule has 1 amide bonds. The van der Waals surface area contributed by atoms with Gasteiger partial charge in [0.2, 0.25) is 0 Å². The lowest BCUT2D eigenvalue weighted by molar-refractivity contribution is 0.102. The molecule has 1 aromatic carbocycles. The summed E-state index contributed by atoms with van der Waals surface area (Å²) in [5.74, 6) is -0.215. The largest absolute Gasteiger partial charge is 0.398 e. The molecule has 0 aliphatic rings. The first-order valence-electron chi connectivity index (χ1n) is 4.54. The highest BCUT2D eigenvalue weighted by molar-refractivity contribution is 9.11. The first-order valence-corrected chi connectivity index (χ1v) is 6.94. The number of hydrogen-bond donors (Lipinski definition) is 2. The molecule has 1 aromatic heterocycles. The molecule has 0 aliphatic heterocycles. The normalized spacial score (nSPS) is 10.2. The summed E-state index contributed by atoms with van der Waals surface area (Å²) >= 11 is 7.91. The minimum absolute atomic E-state index is 0.215. The van der Waals surface area contributed by atoms with Gasteiger partial charge in [-0.1, -0.05) is 11.3 Å². The maximum atomic E-state index is 11.9. The summed E-state index contributed by atoms with van der Waals surface area (Å²) in [5.41, 5.74) is 6.77. The van der Waals surface area contributed by atoms with Crippen LogP contribution in [-0.4, -0.2) is 10.9 Å². The maximum absolute atomic E-state index is 11.9. The molecule has 4 nitrogen and oxygen atoms in total. The number of nitrogen functional groups attached to an aromatic ring is 1. The Morgan fingerprint density at radius 1 is 1.41 bits per heavy atom. The van der Waals surface area contributed by atoms with Gasteiger partial charge in [0.05, 0.1) is 9.98 Å². The minimum atomic E-state index is -0.215. The Labute approximate surface area is 118 Å². The van der Waals surface area contributed by atoms with E-state index in [9.17, 15) is 4.79 Å². The molecule has 0 spiro atoms. The lowest BCUT2D eigenvalue weighted by Gasteiger charge is -2.03. The number of benzene rings is 1. The molecule has 7 heteroatoms. The number of anilines is 2. The van der Waals surface area contributed by atoms with E-state index in [0.29, 0.717) is 20.9 Å². The standard InChI is InChI=1S/C10H7Br2N3OS/c11-6-3-5(1-2-7(6)13)9(16)15-10-14-4-8(12)17-10/h1-4H,13H2,(H,14,15,16). The van der Waals surface area contributed by atoms with Crippen molar-refractivity contribution in [2.75, 3.05) is 11.1 Å². The van der Waals surface area contributed by atoms with E-state index in [0.717, 1.165) is 3.79 Å². The van der Waals surface area contributed by atoms with Crippen LogP contribution in [0.1, 0.15) is 10.4 Å². The fraction of sp³-hybridized carbons (Fsp3) is 0. The van der Waals surface area contributed by atoms with Gasteiger partial charge in [0.25, 0.3) is 5.91 Å². The Bertz CT molecular complexity index is 570. The predicted octanol–water partition coefficient (Wildman–Crippen LogP) is 3.50. The number of nitrogens with two attached hydrogens (primary N) is 1. The van der Waals surface area contributed by atoms with Crippen molar-refractivity contribution in [2.24, 2.45) is 0 Å². The Kier molecular flexibility index (Phi) is 3.80. The summed E-state index contributed by atoms with van der Waals surface area (Å²) in [5, 5.41) is 3.25. The second-order valence-electron chi connectivity index (χ2n) is 3.16. The zero-order valence-electron chi connectivity index (χ0n) is 8.41. The molecule has 3 N–H and O–H groups in total. The van der Waals surface area contributed by atoms with Crippen LogP contribution in [0.2, 0.25) is 0 Å². The van der Waals surface area contributed by atoms with Crippen molar-refractivity contribution in [3.8, 4) is 0 Å². The number of nitrogens with zero attached hydrogens (tertiary/aromatic N) is 1. The molecule has 0 saturated carbocycles. The molecule has 1 heterocycles. The Balaban J connectivity index is 2.17. The molecule has 2 rings (SSSR count). The third-order valence-electron chi connectivity index (χ3n) is 1.96. The molecular formula is C10H7Br2N3OS. The first kappa shape index (κ1) is 12.5. The number of carbonyl (C=O) groups excluding carboxylic acids is 1. The molecule has 0 unspecified atom stereocenters. The van der Waals surface area contributed by atoms with E-state index in [1.54, 1.807) is 24.4 Å². The van der Waals surface area contributed by atoms with Gasteiger partial charge in [0, 0.05) is 15.7 Å². The van der Waals surface area contributed by atoms with Crippen LogP contribution in [0.15, 0.2) is 32.7 Å². The number of halogens is 2. The van der Waals surface area contributed by atoms with Crippen molar-refractivity contribution >= 4 is 59.9 Å². The van der Waals surface area contributed by atoms with Gasteiger partial charge in [-0.05, 0) is 50.1 Å². The number of hydrogen-bond acceptors (Lipinski definition) is 4. The van der Waals surface area contributed by atoms with E-state index < -0.39 is 0 Å². The van der Waals surface area contributed by atoms with E-state index in [4.69, 9.17) is 5.73 Å². The van der Waals surface area contributed by atoms with Gasteiger partial charge in [-0.3, -0.25) is 10.1 Å². The van der Waals surface area contributed by atoms with Crippen LogP contribution in [0.4, 0.5) is 10.8 Å². The lowest BCUT2D eigenvalue weighted by Crippen LogP contribution is -2.11. The average molecular weight is 377 g/mol. The molecule has 17 heavy (non-hydrogen) atoms. The first-order chi connectivity index (χ1) is 8.06. The van der Waals surface area contributed by atoms with Gasteiger partial charge in [-0.25, -0.2) is 4.98 Å². The highest BCUT2D eigenvalue weighted by atomic mass is 79.9. The number of amides is 1. The minimum Gasteiger partial charge on any atom is -0.398 e. The number of aromatic nitrogens is 1. The second-order valence-corrected chi connectivity index (χ2v) is 6.42. The summed E-state index contributed by atoms with van der Waals surface area (Å²) in [4.78, 5) is 15.9. The molecule has 0 radical (unpaired) electrons. The van der Waals surface area contributed by atoms with Crippen LogP contribution in [0.3, 0.4) is 0 Å². The van der Waals surface area contributed by atoms with Crippen LogP contribution in [0.25, 0.3) is 0 Å². The summed E-state index contributed by atoms with van der Waals surface area (Å²) in [6.07, 6.45) is 1.64. The van der Waals surface area contributed by atoms with E-state index in [1.807, 2.05) is 0 Å². The maximum Gasteiger partial charge on any atom is 0.257 e. The van der Waals surface area contributed by atoms with Crippen molar-refractivity contribution in [3.05, 3.63) is 38.2 Å². The van der Waals surface area contributed by atoms with Gasteiger partial charge in [-0.15, -0.1) is 0 Å². The van der Waals surface area contributed by atoms with Gasteiger partial charge in [0.1, 0.15) is 0 Å². The van der Waals surface area contributed by atoms with E-state index in [2.05, 4.69) is 42.2 Å². The third-order valence-corrected chi connectivity index (χ3v) is 4.04. The number of rotatable bonds is 2. The number of nitrogens with one attached hydrogen (secondary N) is 1. The smallest absolute Gasteiger partial charge is 0.257 e. The Hall–Kier alpha value is -0.920. The monoisotopic (exact) mass is 375 g/mol. The van der Waals surface area contributed by atoms with Gasteiger partial charge in [0.15, 0.2) is 5.13 Å². The fourth-order valence-electron chi connectivity index (χ4n) is 1.15. The highest BCUT2D eigenvalue weighted by Crippen LogP contribution is 2.25. The summed E-state index contributed by atoms with van der Waals surface area (Å²) in [6.45, 7) is 0. The summed E-state index contributed by atoms with van der Waals surface area (Å²) in [7, 11) is 0. The molecule has 0 aliphatic carbocycles. The van der Waals surface area contributed by atoms with Crippen molar-refractivity contribution in [2.45, 2.75) is 0 Å². The van der Waals surface area contributed by atoms with Gasteiger partial charge in [-0.2, -0.15) is 0 Å². The van der Waals surface area contributed by atoms with Crippen LogP contribution in [0, 0.1) is 0 Å². The zero-order chi connectivity index (χ0) is 12.4. The topological polar surface area (TPSA) is 68.0 Å². The highest BCUT2D eigenvalue weighted by Gasteiger charge is 2.09. The Morgan fingerprint density at radius 3 is 2.76 bits per heavy atom. The number of carbonyl (C=O) groups is 1. The SMILES string of the molecule is Nc1ccc(C(=O)Nc2ncc(Br)s2)cc1Br. The molecule has 0 bridgehead atoms. The fourth-order valence-corrected chi connectivity index (χ4v) is 2.63. The van der Waals surface area contributed by atoms with Crippen molar-refractivity contribution in [1.82, 2.24) is 4.98 Å². The van der Waals surface area contributed by atoms with Crippen LogP contribution in [0.5, 0.6) is 0 Å². The van der Waals surface area contributed by atoms with E-state index in [1.165, 1.54) is 11.3 Å². The second kappa shape index (κ2) is 5.16. The molecule has 88 valence electrons. The number of thiazole rings is 1. The molecule has 0 saturated heterocycles. The molecular weight excluding hydrogens is 370 g/mol. The van der Waals surface area contributed by atoms with Crippen molar-refractivity contribution in [1.29, 1.82) is 0 Å². The van der Waals surface area contributed by atoms with E-state index >= 15 is 0 Å². The third kappa shape index (κ3) is 3.05. The quantitative estimate of drug-likeness (QED) is 0.788. The van der Waals surface area contributed by atoms with Crippen molar-refractivity contribution in [3.63, 3.8) is 0 Å². The van der Waals surface area contributed by atoms with Gasteiger partial charge < -0.3 is 5.73 Å². The summed E-state index contributed by atoms with van der Waals surface area (Å²) in [6, 6.07) is 5.02. The van der Waals surface area contributed by atoms with E-state index in [-0.39, 0.29) is 5.91 Å². The summed E-state index contributed by atoms with van der Waals surface area (Å²) < 4.78 is 1.57.